The fourth-order valence-electron chi connectivity index (χ4n) is 1.44. The molecule has 0 aliphatic carbocycles. The van der Waals surface area contributed by atoms with Crippen molar-refractivity contribution in [3.8, 4) is 0 Å². The maximum atomic E-state index is 13.5. The van der Waals surface area contributed by atoms with Gasteiger partial charge in [-0.25, -0.2) is 13.8 Å². The Labute approximate surface area is 114 Å². The molecule has 1 aromatic heterocycles. The predicted octanol–water partition coefficient (Wildman–Crippen LogP) is 2.36. The quantitative estimate of drug-likeness (QED) is 0.722. The first-order valence-corrected chi connectivity index (χ1v) is 7.91. The molecular formula is C12H19F2N3OS. The van der Waals surface area contributed by atoms with E-state index in [1.807, 2.05) is 6.92 Å². The Kier molecular flexibility index (Phi) is 6.69. The van der Waals surface area contributed by atoms with Gasteiger partial charge in [-0.2, -0.15) is 0 Å². The van der Waals surface area contributed by atoms with Crippen LogP contribution in [-0.4, -0.2) is 34.3 Å². The first kappa shape index (κ1) is 15.8. The second-order valence-electron chi connectivity index (χ2n) is 4.13. The number of nitrogens with zero attached hydrogens (tertiary/aromatic N) is 1. The summed E-state index contributed by atoms with van der Waals surface area (Å²) in [6.07, 6.45) is 3.08. The van der Waals surface area contributed by atoms with Crippen molar-refractivity contribution in [3.63, 3.8) is 0 Å². The first-order valence-electron chi connectivity index (χ1n) is 6.18. The third kappa shape index (κ3) is 5.50. The summed E-state index contributed by atoms with van der Waals surface area (Å²) in [6.45, 7) is 2.96. The van der Waals surface area contributed by atoms with Crippen LogP contribution in [0.15, 0.2) is 6.07 Å². The van der Waals surface area contributed by atoms with Crippen molar-refractivity contribution in [1.82, 2.24) is 4.98 Å². The molecule has 4 nitrogen and oxygen atoms in total. The molecule has 1 aromatic rings. The SMILES string of the molecule is CCCNc1nc(NCCCS(C)=O)c(F)cc1F. The van der Waals surface area contributed by atoms with Gasteiger partial charge in [-0.3, -0.25) is 4.21 Å². The van der Waals surface area contributed by atoms with Gasteiger partial charge in [0.2, 0.25) is 0 Å². The van der Waals surface area contributed by atoms with Crippen molar-refractivity contribution in [1.29, 1.82) is 0 Å². The van der Waals surface area contributed by atoms with Gasteiger partial charge in [-0.05, 0) is 12.8 Å². The summed E-state index contributed by atoms with van der Waals surface area (Å²) in [7, 11) is -0.868. The Morgan fingerprint density at radius 2 is 1.79 bits per heavy atom. The molecule has 19 heavy (non-hydrogen) atoms. The van der Waals surface area contributed by atoms with Crippen LogP contribution in [0.3, 0.4) is 0 Å². The van der Waals surface area contributed by atoms with Gasteiger partial charge in [-0.15, -0.1) is 0 Å². The van der Waals surface area contributed by atoms with Gasteiger partial charge in [0.25, 0.3) is 0 Å². The highest BCUT2D eigenvalue weighted by Crippen LogP contribution is 2.18. The first-order chi connectivity index (χ1) is 9.04. The minimum atomic E-state index is -0.868. The van der Waals surface area contributed by atoms with E-state index < -0.39 is 22.4 Å². The summed E-state index contributed by atoms with van der Waals surface area (Å²) in [5, 5.41) is 5.58. The van der Waals surface area contributed by atoms with Crippen LogP contribution in [0.4, 0.5) is 20.4 Å². The molecule has 2 N–H and O–H groups in total. The molecule has 0 saturated carbocycles. The van der Waals surface area contributed by atoms with E-state index in [0.29, 0.717) is 25.3 Å². The molecule has 1 rings (SSSR count). The van der Waals surface area contributed by atoms with E-state index in [-0.39, 0.29) is 11.6 Å². The number of pyridine rings is 1. The van der Waals surface area contributed by atoms with Crippen LogP contribution < -0.4 is 10.6 Å². The Morgan fingerprint density at radius 1 is 1.21 bits per heavy atom. The Morgan fingerprint density at radius 3 is 2.32 bits per heavy atom. The molecule has 0 saturated heterocycles. The Balaban J connectivity index is 2.63. The van der Waals surface area contributed by atoms with Crippen LogP contribution in [0.5, 0.6) is 0 Å². The van der Waals surface area contributed by atoms with E-state index in [1.54, 1.807) is 6.26 Å². The number of aromatic nitrogens is 1. The largest absolute Gasteiger partial charge is 0.368 e. The van der Waals surface area contributed by atoms with Crippen molar-refractivity contribution in [2.75, 3.05) is 35.7 Å². The average molecular weight is 291 g/mol. The third-order valence-corrected chi connectivity index (χ3v) is 3.24. The van der Waals surface area contributed by atoms with Gasteiger partial charge in [0.15, 0.2) is 23.3 Å². The van der Waals surface area contributed by atoms with Crippen molar-refractivity contribution in [2.45, 2.75) is 19.8 Å². The number of hydrogen-bond acceptors (Lipinski definition) is 4. The van der Waals surface area contributed by atoms with Gasteiger partial charge in [0.05, 0.1) is 0 Å². The van der Waals surface area contributed by atoms with Crippen LogP contribution in [0.1, 0.15) is 19.8 Å². The number of hydrogen-bond donors (Lipinski definition) is 2. The van der Waals surface area contributed by atoms with Gasteiger partial charge >= 0.3 is 0 Å². The van der Waals surface area contributed by atoms with Gasteiger partial charge in [0, 0.05) is 42.0 Å². The van der Waals surface area contributed by atoms with Crippen molar-refractivity contribution in [2.24, 2.45) is 0 Å². The molecule has 0 aliphatic heterocycles. The van der Waals surface area contributed by atoms with E-state index in [9.17, 15) is 13.0 Å². The van der Waals surface area contributed by atoms with Crippen molar-refractivity contribution < 1.29 is 13.0 Å². The molecule has 7 heteroatoms. The number of halogens is 2. The fraction of sp³-hybridized carbons (Fsp3) is 0.583. The lowest BCUT2D eigenvalue weighted by Gasteiger charge is -2.10. The summed E-state index contributed by atoms with van der Waals surface area (Å²) in [6, 6.07) is 0.811. The predicted molar refractivity (Wildman–Crippen MR) is 75.0 cm³/mol. The van der Waals surface area contributed by atoms with Gasteiger partial charge < -0.3 is 10.6 Å². The number of nitrogens with one attached hydrogen (secondary N) is 2. The topological polar surface area (TPSA) is 54.0 Å². The zero-order valence-corrected chi connectivity index (χ0v) is 11.9. The standard InChI is InChI=1S/C12H19F2N3OS/c1-3-5-15-11-9(13)8-10(14)12(17-11)16-6-4-7-19(2)18/h8H,3-7H2,1-2H3,(H2,15,16,17). The van der Waals surface area contributed by atoms with E-state index in [2.05, 4.69) is 15.6 Å². The van der Waals surface area contributed by atoms with Crippen LogP contribution in [0.2, 0.25) is 0 Å². The average Bonchev–Trinajstić information content (AvgIpc) is 2.35. The van der Waals surface area contributed by atoms with Crippen LogP contribution in [0.25, 0.3) is 0 Å². The lowest BCUT2D eigenvalue weighted by atomic mass is 10.3. The molecule has 1 atom stereocenters. The molecule has 0 fully saturated rings. The summed E-state index contributed by atoms with van der Waals surface area (Å²) >= 11 is 0. The van der Waals surface area contributed by atoms with Crippen LogP contribution in [-0.2, 0) is 10.8 Å². The zero-order valence-electron chi connectivity index (χ0n) is 11.1. The second kappa shape index (κ2) is 8.04. The Hall–Kier alpha value is -1.24. The maximum absolute atomic E-state index is 13.5. The maximum Gasteiger partial charge on any atom is 0.168 e. The molecule has 1 heterocycles. The molecule has 0 radical (unpaired) electrons. The highest BCUT2D eigenvalue weighted by atomic mass is 32.2. The molecule has 1 unspecified atom stereocenters. The molecule has 0 spiro atoms. The smallest absolute Gasteiger partial charge is 0.168 e. The highest BCUT2D eigenvalue weighted by Gasteiger charge is 2.11. The van der Waals surface area contributed by atoms with E-state index in [1.165, 1.54) is 0 Å². The lowest BCUT2D eigenvalue weighted by Crippen LogP contribution is -2.11. The molecular weight excluding hydrogens is 272 g/mol. The number of anilines is 2. The van der Waals surface area contributed by atoms with Crippen molar-refractivity contribution in [3.05, 3.63) is 17.7 Å². The van der Waals surface area contributed by atoms with Crippen molar-refractivity contribution >= 4 is 22.4 Å². The molecule has 0 aromatic carbocycles. The van der Waals surface area contributed by atoms with E-state index in [0.717, 1.165) is 12.5 Å². The van der Waals surface area contributed by atoms with Crippen LogP contribution in [0, 0.1) is 11.6 Å². The minimum Gasteiger partial charge on any atom is -0.368 e. The fourth-order valence-corrected chi connectivity index (χ4v) is 1.99. The van der Waals surface area contributed by atoms with Gasteiger partial charge in [0.1, 0.15) is 0 Å². The zero-order chi connectivity index (χ0) is 14.3. The summed E-state index contributed by atoms with van der Waals surface area (Å²) < 4.78 is 37.8. The molecule has 0 aliphatic rings. The molecule has 0 amide bonds. The summed E-state index contributed by atoms with van der Waals surface area (Å²) in [5.41, 5.74) is 0. The monoisotopic (exact) mass is 291 g/mol. The normalized spacial score (nSPS) is 12.2. The minimum absolute atomic E-state index is 0.0156. The third-order valence-electron chi connectivity index (χ3n) is 2.37. The van der Waals surface area contributed by atoms with Gasteiger partial charge in [-0.1, -0.05) is 6.92 Å². The van der Waals surface area contributed by atoms with E-state index in [4.69, 9.17) is 0 Å². The lowest BCUT2D eigenvalue weighted by molar-refractivity contribution is 0.577. The highest BCUT2D eigenvalue weighted by molar-refractivity contribution is 7.84. The number of rotatable bonds is 8. The van der Waals surface area contributed by atoms with Crippen LogP contribution >= 0.6 is 0 Å². The molecule has 108 valence electrons. The summed E-state index contributed by atoms with van der Waals surface area (Å²) in [5.74, 6) is -0.827. The molecule has 0 bridgehead atoms. The summed E-state index contributed by atoms with van der Waals surface area (Å²) in [4.78, 5) is 3.88. The van der Waals surface area contributed by atoms with E-state index >= 15 is 0 Å². The Bertz CT molecular complexity index is 443. The second-order valence-corrected chi connectivity index (χ2v) is 5.69.